The quantitative estimate of drug-likeness (QED) is 0.344. The Balaban J connectivity index is 4.89. The van der Waals surface area contributed by atoms with Crippen molar-refractivity contribution in [3.8, 4) is 0 Å². The van der Waals surface area contributed by atoms with E-state index >= 15 is 0 Å². The van der Waals surface area contributed by atoms with Crippen LogP contribution in [0.2, 0.25) is 0 Å². The summed E-state index contributed by atoms with van der Waals surface area (Å²) in [7, 11) is 0. The molecule has 0 aromatic heterocycles. The van der Waals surface area contributed by atoms with Crippen LogP contribution in [-0.2, 0) is 0 Å². The molecule has 18 heavy (non-hydrogen) atoms. The molecule has 0 saturated heterocycles. The Bertz CT molecular complexity index is 339. The van der Waals surface area contributed by atoms with Crippen molar-refractivity contribution < 1.29 is 0 Å². The average Bonchev–Trinajstić information content (AvgIpc) is 2.35. The van der Waals surface area contributed by atoms with Gasteiger partial charge in [-0.1, -0.05) is 49.0 Å². The summed E-state index contributed by atoms with van der Waals surface area (Å²) in [6.45, 7) is 18.3. The van der Waals surface area contributed by atoms with Gasteiger partial charge in [-0.2, -0.15) is 0 Å². The van der Waals surface area contributed by atoms with Gasteiger partial charge >= 0.3 is 0 Å². The van der Waals surface area contributed by atoms with Crippen molar-refractivity contribution in [3.63, 3.8) is 0 Å². The van der Waals surface area contributed by atoms with E-state index < -0.39 is 0 Å². The van der Waals surface area contributed by atoms with Crippen LogP contribution in [0, 0.1) is 5.92 Å². The second-order valence-electron chi connectivity index (χ2n) is 4.81. The third-order valence-electron chi connectivity index (χ3n) is 3.12. The van der Waals surface area contributed by atoms with E-state index in [4.69, 9.17) is 0 Å². The van der Waals surface area contributed by atoms with E-state index in [-0.39, 0.29) is 0 Å². The van der Waals surface area contributed by atoms with Crippen molar-refractivity contribution >= 4 is 0 Å². The lowest BCUT2D eigenvalue weighted by molar-refractivity contribution is 0.779. The van der Waals surface area contributed by atoms with Crippen LogP contribution in [0.3, 0.4) is 0 Å². The topological polar surface area (TPSA) is 0 Å². The van der Waals surface area contributed by atoms with Gasteiger partial charge in [0.2, 0.25) is 0 Å². The summed E-state index contributed by atoms with van der Waals surface area (Å²) in [6, 6.07) is 0. The molecule has 1 atom stereocenters. The van der Waals surface area contributed by atoms with Gasteiger partial charge in [-0.05, 0) is 51.0 Å². The summed E-state index contributed by atoms with van der Waals surface area (Å²) in [4.78, 5) is 0. The molecule has 0 bridgehead atoms. The maximum absolute atomic E-state index is 4.11. The molecule has 0 heterocycles. The summed E-state index contributed by atoms with van der Waals surface area (Å²) in [5, 5.41) is 0. The molecule has 0 heteroatoms. The minimum absolute atomic E-state index is 0.412. The van der Waals surface area contributed by atoms with Crippen LogP contribution in [-0.4, -0.2) is 0 Å². The molecule has 0 nitrogen and oxygen atoms in total. The maximum atomic E-state index is 4.11. The van der Waals surface area contributed by atoms with E-state index in [2.05, 4.69) is 52.7 Å². The van der Waals surface area contributed by atoms with E-state index in [9.17, 15) is 0 Å². The van der Waals surface area contributed by atoms with Gasteiger partial charge in [-0.3, -0.25) is 0 Å². The van der Waals surface area contributed by atoms with E-state index in [0.717, 1.165) is 25.7 Å². The highest BCUT2D eigenvalue weighted by molar-refractivity contribution is 5.32. The van der Waals surface area contributed by atoms with Gasteiger partial charge in [-0.15, -0.1) is 13.2 Å². The Labute approximate surface area is 113 Å². The molecular weight excluding hydrogens is 216 g/mol. The Morgan fingerprint density at radius 1 is 1.22 bits per heavy atom. The smallest absolute Gasteiger partial charge is 0.00157 e. The van der Waals surface area contributed by atoms with E-state index in [0.29, 0.717) is 5.92 Å². The van der Waals surface area contributed by atoms with Crippen LogP contribution in [0.15, 0.2) is 60.8 Å². The molecule has 0 aliphatic rings. The Morgan fingerprint density at radius 2 is 1.89 bits per heavy atom. The lowest BCUT2D eigenvalue weighted by Crippen LogP contribution is -1.99. The molecule has 0 rings (SSSR count). The van der Waals surface area contributed by atoms with Gasteiger partial charge in [0.05, 0.1) is 0 Å². The van der Waals surface area contributed by atoms with Crippen LogP contribution < -0.4 is 0 Å². The van der Waals surface area contributed by atoms with Crippen LogP contribution >= 0.6 is 0 Å². The van der Waals surface area contributed by atoms with Crippen LogP contribution in [0.1, 0.15) is 46.5 Å². The molecule has 0 radical (unpaired) electrons. The highest BCUT2D eigenvalue weighted by Gasteiger charge is 2.08. The first kappa shape index (κ1) is 16.7. The summed E-state index contributed by atoms with van der Waals surface area (Å²) >= 11 is 0. The fourth-order valence-electron chi connectivity index (χ4n) is 1.96. The zero-order chi connectivity index (χ0) is 14.0. The van der Waals surface area contributed by atoms with Crippen molar-refractivity contribution in [2.24, 2.45) is 5.92 Å². The minimum atomic E-state index is 0.412. The largest absolute Gasteiger partial charge is 0.103 e. The first-order chi connectivity index (χ1) is 8.56. The van der Waals surface area contributed by atoms with Crippen molar-refractivity contribution in [1.29, 1.82) is 0 Å². The standard InChI is InChI=1S/C18H28/c1-7-10-12-16(6)18(15(4)5)14-17(9-3)13-11-8-2/h7,9,11,13,17H,1,3-4,8,10,12,14H2,2,5-6H3. The molecule has 0 N–H and O–H groups in total. The summed E-state index contributed by atoms with van der Waals surface area (Å²) in [6.07, 6.45) is 12.7. The number of allylic oxidation sites excluding steroid dienone is 7. The van der Waals surface area contributed by atoms with Crippen molar-refractivity contribution in [2.45, 2.75) is 46.5 Å². The lowest BCUT2D eigenvalue weighted by atomic mass is 9.90. The van der Waals surface area contributed by atoms with Gasteiger partial charge in [0, 0.05) is 0 Å². The first-order valence-corrected chi connectivity index (χ1v) is 6.81. The van der Waals surface area contributed by atoms with Crippen LogP contribution in [0.25, 0.3) is 0 Å². The highest BCUT2D eigenvalue weighted by Crippen LogP contribution is 2.25. The van der Waals surface area contributed by atoms with Crippen LogP contribution in [0.5, 0.6) is 0 Å². The summed E-state index contributed by atoms with van der Waals surface area (Å²) in [5.41, 5.74) is 4.00. The Kier molecular flexibility index (Phi) is 9.00. The first-order valence-electron chi connectivity index (χ1n) is 6.81. The third kappa shape index (κ3) is 6.44. The Hall–Kier alpha value is -1.30. The highest BCUT2D eigenvalue weighted by atomic mass is 14.1. The SMILES string of the molecule is C=CCCC(C)=C(CC(C=C)C=CCC)C(=C)C. The number of hydrogen-bond acceptors (Lipinski definition) is 0. The number of rotatable bonds is 9. The second kappa shape index (κ2) is 9.70. The zero-order valence-corrected chi connectivity index (χ0v) is 12.3. The minimum Gasteiger partial charge on any atom is -0.103 e. The molecule has 0 aliphatic carbocycles. The molecule has 1 unspecified atom stereocenters. The van der Waals surface area contributed by atoms with Crippen molar-refractivity contribution in [1.82, 2.24) is 0 Å². The molecule has 0 saturated carbocycles. The maximum Gasteiger partial charge on any atom is -0.00157 e. The molecule has 0 fully saturated rings. The monoisotopic (exact) mass is 244 g/mol. The molecule has 0 aromatic rings. The normalized spacial score (nSPS) is 14.2. The van der Waals surface area contributed by atoms with E-state index in [1.54, 1.807) is 0 Å². The summed E-state index contributed by atoms with van der Waals surface area (Å²) in [5.74, 6) is 0.412. The second-order valence-corrected chi connectivity index (χ2v) is 4.81. The zero-order valence-electron chi connectivity index (χ0n) is 12.3. The lowest BCUT2D eigenvalue weighted by Gasteiger charge is -2.15. The Morgan fingerprint density at radius 3 is 2.33 bits per heavy atom. The fourth-order valence-corrected chi connectivity index (χ4v) is 1.96. The molecular formula is C18H28. The predicted molar refractivity (Wildman–Crippen MR) is 84.7 cm³/mol. The van der Waals surface area contributed by atoms with Gasteiger partial charge in [0.15, 0.2) is 0 Å². The summed E-state index contributed by atoms with van der Waals surface area (Å²) < 4.78 is 0. The predicted octanol–water partition coefficient (Wildman–Crippen LogP) is 6.00. The van der Waals surface area contributed by atoms with Gasteiger partial charge in [-0.25, -0.2) is 0 Å². The van der Waals surface area contributed by atoms with Gasteiger partial charge < -0.3 is 0 Å². The van der Waals surface area contributed by atoms with Crippen molar-refractivity contribution in [3.05, 3.63) is 60.8 Å². The average molecular weight is 244 g/mol. The van der Waals surface area contributed by atoms with E-state index in [1.165, 1.54) is 16.7 Å². The molecule has 0 spiro atoms. The molecule has 0 aromatic carbocycles. The fraction of sp³-hybridized carbons (Fsp3) is 0.444. The molecule has 100 valence electrons. The number of hydrogen-bond donors (Lipinski definition) is 0. The third-order valence-corrected chi connectivity index (χ3v) is 3.12. The van der Waals surface area contributed by atoms with Gasteiger partial charge in [0.25, 0.3) is 0 Å². The van der Waals surface area contributed by atoms with Gasteiger partial charge in [0.1, 0.15) is 0 Å². The van der Waals surface area contributed by atoms with Crippen molar-refractivity contribution in [2.75, 3.05) is 0 Å². The molecule has 0 amide bonds. The van der Waals surface area contributed by atoms with Crippen LogP contribution in [0.4, 0.5) is 0 Å². The molecule has 0 aliphatic heterocycles. The van der Waals surface area contributed by atoms with E-state index in [1.807, 2.05) is 12.2 Å².